The Morgan fingerprint density at radius 3 is 2.52 bits per heavy atom. The number of carbonyl (C=O) groups is 1. The van der Waals surface area contributed by atoms with Gasteiger partial charge in [-0.1, -0.05) is 36.4 Å². The third kappa shape index (κ3) is 2.49. The van der Waals surface area contributed by atoms with Gasteiger partial charge in [0.05, 0.1) is 9.38 Å². The van der Waals surface area contributed by atoms with Crippen molar-refractivity contribution >= 4 is 42.6 Å². The highest BCUT2D eigenvalue weighted by Gasteiger charge is 2.32. The first kappa shape index (κ1) is 14.3. The molecule has 0 aliphatic carbocycles. The van der Waals surface area contributed by atoms with E-state index in [1.54, 1.807) is 18.2 Å². The Bertz CT molecular complexity index is 858. The van der Waals surface area contributed by atoms with Crippen LogP contribution in [-0.2, 0) is 14.8 Å². The van der Waals surface area contributed by atoms with Crippen LogP contribution in [0.3, 0.4) is 0 Å². The van der Waals surface area contributed by atoms with Crippen molar-refractivity contribution in [2.75, 3.05) is 6.54 Å². The fourth-order valence-corrected chi connectivity index (χ4v) is 4.29. The van der Waals surface area contributed by atoms with Crippen LogP contribution in [0.1, 0.15) is 6.42 Å². The van der Waals surface area contributed by atoms with E-state index in [1.807, 2.05) is 24.3 Å². The quantitative estimate of drug-likeness (QED) is 0.821. The zero-order valence-electron chi connectivity index (χ0n) is 11.0. The van der Waals surface area contributed by atoms with Crippen LogP contribution >= 0.6 is 15.9 Å². The van der Waals surface area contributed by atoms with Crippen LogP contribution < -0.4 is 0 Å². The predicted octanol–water partition coefficient (Wildman–Crippen LogP) is 3.04. The minimum absolute atomic E-state index is 0.136. The molecule has 2 aromatic carbocycles. The van der Waals surface area contributed by atoms with Crippen molar-refractivity contribution in [3.8, 4) is 0 Å². The standard InChI is InChI=1S/C15H12BrNO3S/c16-14-6-3-9-17(15(14)18)21(19,20)13-8-7-11-4-1-2-5-12(11)10-13/h1-2,4-8,10H,3,9H2. The molecule has 1 heterocycles. The Balaban J connectivity index is 2.08. The molecule has 3 rings (SSSR count). The minimum atomic E-state index is -3.82. The molecule has 0 radical (unpaired) electrons. The highest BCUT2D eigenvalue weighted by molar-refractivity contribution is 9.12. The monoisotopic (exact) mass is 365 g/mol. The Hall–Kier alpha value is -1.66. The first-order chi connectivity index (χ1) is 10.00. The molecular formula is C15H12BrNO3S. The van der Waals surface area contributed by atoms with Crippen molar-refractivity contribution < 1.29 is 13.2 Å². The number of nitrogens with zero attached hydrogens (tertiary/aromatic N) is 1. The van der Waals surface area contributed by atoms with Crippen molar-refractivity contribution in [2.45, 2.75) is 11.3 Å². The topological polar surface area (TPSA) is 54.5 Å². The zero-order chi connectivity index (χ0) is 15.0. The van der Waals surface area contributed by atoms with Crippen LogP contribution in [0.4, 0.5) is 0 Å². The number of halogens is 1. The number of amides is 1. The van der Waals surface area contributed by atoms with Crippen LogP contribution in [0, 0.1) is 0 Å². The van der Waals surface area contributed by atoms with Gasteiger partial charge in [-0.2, -0.15) is 0 Å². The molecule has 0 bridgehead atoms. The lowest BCUT2D eigenvalue weighted by atomic mass is 10.1. The maximum absolute atomic E-state index is 12.6. The molecule has 21 heavy (non-hydrogen) atoms. The van der Waals surface area contributed by atoms with Gasteiger partial charge in [-0.05, 0) is 45.3 Å². The third-order valence-electron chi connectivity index (χ3n) is 3.40. The molecule has 1 aliphatic rings. The van der Waals surface area contributed by atoms with Crippen LogP contribution in [0.2, 0.25) is 0 Å². The summed E-state index contributed by atoms with van der Waals surface area (Å²) >= 11 is 3.10. The predicted molar refractivity (Wildman–Crippen MR) is 84.5 cm³/mol. The largest absolute Gasteiger partial charge is 0.274 e. The van der Waals surface area contributed by atoms with Gasteiger partial charge in [0.1, 0.15) is 0 Å². The van der Waals surface area contributed by atoms with Gasteiger partial charge < -0.3 is 0 Å². The molecule has 0 atom stereocenters. The molecule has 1 aliphatic heterocycles. The summed E-state index contributed by atoms with van der Waals surface area (Å²) in [6, 6.07) is 12.4. The number of fused-ring (bicyclic) bond motifs is 1. The average Bonchev–Trinajstić information content (AvgIpc) is 2.49. The van der Waals surface area contributed by atoms with E-state index < -0.39 is 15.9 Å². The normalized spacial score (nSPS) is 16.1. The molecule has 0 unspecified atom stereocenters. The number of benzene rings is 2. The fraction of sp³-hybridized carbons (Fsp3) is 0.133. The summed E-state index contributed by atoms with van der Waals surface area (Å²) in [5.74, 6) is -0.519. The molecule has 0 saturated carbocycles. The summed E-state index contributed by atoms with van der Waals surface area (Å²) in [6.07, 6.45) is 2.20. The minimum Gasteiger partial charge on any atom is -0.267 e. The second-order valence-electron chi connectivity index (χ2n) is 4.73. The first-order valence-electron chi connectivity index (χ1n) is 6.42. The maximum atomic E-state index is 12.6. The van der Waals surface area contributed by atoms with Crippen LogP contribution in [-0.4, -0.2) is 25.2 Å². The Morgan fingerprint density at radius 2 is 1.76 bits per heavy atom. The summed E-state index contributed by atoms with van der Waals surface area (Å²) in [6.45, 7) is 0.170. The van der Waals surface area contributed by atoms with E-state index in [1.165, 1.54) is 6.07 Å². The van der Waals surface area contributed by atoms with E-state index in [0.29, 0.717) is 6.42 Å². The number of sulfonamides is 1. The van der Waals surface area contributed by atoms with E-state index in [-0.39, 0.29) is 15.9 Å². The lowest BCUT2D eigenvalue weighted by molar-refractivity contribution is -0.122. The smallest absolute Gasteiger partial charge is 0.267 e. The summed E-state index contributed by atoms with van der Waals surface area (Å²) in [4.78, 5) is 12.2. The van der Waals surface area contributed by atoms with Crippen LogP contribution in [0.15, 0.2) is 57.9 Å². The van der Waals surface area contributed by atoms with E-state index in [9.17, 15) is 13.2 Å². The van der Waals surface area contributed by atoms with Gasteiger partial charge in [0.2, 0.25) is 0 Å². The Labute approximate surface area is 131 Å². The third-order valence-corrected chi connectivity index (χ3v) is 5.84. The molecule has 0 fully saturated rings. The summed E-state index contributed by atoms with van der Waals surface area (Å²) < 4.78 is 26.5. The highest BCUT2D eigenvalue weighted by Crippen LogP contribution is 2.26. The summed E-state index contributed by atoms with van der Waals surface area (Å²) in [7, 11) is -3.82. The fourth-order valence-electron chi connectivity index (χ4n) is 2.30. The van der Waals surface area contributed by atoms with Gasteiger partial charge in [0, 0.05) is 6.54 Å². The van der Waals surface area contributed by atoms with Crippen LogP contribution in [0.25, 0.3) is 10.8 Å². The van der Waals surface area contributed by atoms with Crippen LogP contribution in [0.5, 0.6) is 0 Å². The maximum Gasteiger partial charge on any atom is 0.274 e. The SMILES string of the molecule is O=C1C(Br)=CCCN1S(=O)(=O)c1ccc2ccccc2c1. The number of rotatable bonds is 2. The van der Waals surface area contributed by atoms with E-state index in [0.717, 1.165) is 15.1 Å². The van der Waals surface area contributed by atoms with Crippen molar-refractivity contribution in [3.05, 3.63) is 53.0 Å². The Kier molecular flexibility index (Phi) is 3.59. The van der Waals surface area contributed by atoms with Gasteiger partial charge in [-0.15, -0.1) is 0 Å². The molecule has 108 valence electrons. The summed E-state index contributed by atoms with van der Waals surface area (Å²) in [5.41, 5.74) is 0. The first-order valence-corrected chi connectivity index (χ1v) is 8.65. The second-order valence-corrected chi connectivity index (χ2v) is 7.45. The van der Waals surface area contributed by atoms with E-state index in [4.69, 9.17) is 0 Å². The van der Waals surface area contributed by atoms with Gasteiger partial charge >= 0.3 is 0 Å². The molecule has 0 saturated heterocycles. The average molecular weight is 366 g/mol. The molecule has 0 spiro atoms. The van der Waals surface area contributed by atoms with E-state index in [2.05, 4.69) is 15.9 Å². The lowest BCUT2D eigenvalue weighted by Gasteiger charge is -2.24. The van der Waals surface area contributed by atoms with Gasteiger partial charge in [-0.25, -0.2) is 12.7 Å². The summed E-state index contributed by atoms with van der Waals surface area (Å²) in [5, 5.41) is 1.79. The number of hydrogen-bond donors (Lipinski definition) is 0. The van der Waals surface area contributed by atoms with Gasteiger partial charge in [-0.3, -0.25) is 4.79 Å². The highest BCUT2D eigenvalue weighted by atomic mass is 79.9. The molecule has 6 heteroatoms. The van der Waals surface area contributed by atoms with Crippen molar-refractivity contribution in [2.24, 2.45) is 0 Å². The van der Waals surface area contributed by atoms with Crippen molar-refractivity contribution in [1.29, 1.82) is 0 Å². The number of hydrogen-bond acceptors (Lipinski definition) is 3. The van der Waals surface area contributed by atoms with Crippen molar-refractivity contribution in [3.63, 3.8) is 0 Å². The lowest BCUT2D eigenvalue weighted by Crippen LogP contribution is -2.39. The molecule has 1 amide bonds. The number of carbonyl (C=O) groups excluding carboxylic acids is 1. The molecule has 0 aromatic heterocycles. The second kappa shape index (κ2) is 5.27. The Morgan fingerprint density at radius 1 is 1.05 bits per heavy atom. The van der Waals surface area contributed by atoms with E-state index >= 15 is 0 Å². The zero-order valence-corrected chi connectivity index (χ0v) is 13.4. The van der Waals surface area contributed by atoms with Crippen molar-refractivity contribution in [1.82, 2.24) is 4.31 Å². The molecule has 4 nitrogen and oxygen atoms in total. The van der Waals surface area contributed by atoms with Gasteiger partial charge in [0.25, 0.3) is 15.9 Å². The molecule has 2 aromatic rings. The molecule has 0 N–H and O–H groups in total. The molecular weight excluding hydrogens is 354 g/mol. The van der Waals surface area contributed by atoms with Gasteiger partial charge in [0.15, 0.2) is 0 Å².